The van der Waals surface area contributed by atoms with Gasteiger partial charge in [0.05, 0.1) is 38.4 Å². The lowest BCUT2D eigenvalue weighted by atomic mass is 9.91. The Morgan fingerprint density at radius 1 is 1.10 bits per heavy atom. The van der Waals surface area contributed by atoms with E-state index in [0.717, 1.165) is 39.9 Å². The van der Waals surface area contributed by atoms with E-state index < -0.39 is 5.41 Å². The standard InChI is InChI=1S/C29H28N6O5/c1-38-17-4-6-21-19(14-17)29(28(37)32-21)15-20(29)16-3-5-18-24(13-16)33-34-25(18)30-22-7-8-23(31-26(22)39-2)27(36)35-9-11-40-12-10-35/h3-8,13-14,20H,9-12,15H2,1-2H3,(H,32,37)(H2,30,33,34)/t20-,29-/m0/s1. The molecule has 2 fully saturated rings. The maximum atomic E-state index is 13.1. The summed E-state index contributed by atoms with van der Waals surface area (Å²) in [5.41, 5.74) is 4.09. The average Bonchev–Trinajstić information content (AvgIpc) is 3.55. The minimum atomic E-state index is -0.571. The van der Waals surface area contributed by atoms with Crippen LogP contribution < -0.4 is 20.1 Å². The van der Waals surface area contributed by atoms with Gasteiger partial charge >= 0.3 is 0 Å². The quantitative estimate of drug-likeness (QED) is 0.338. The van der Waals surface area contributed by atoms with Gasteiger partial charge in [0.2, 0.25) is 11.8 Å². The van der Waals surface area contributed by atoms with E-state index >= 15 is 0 Å². The number of fused-ring (bicyclic) bond motifs is 3. The summed E-state index contributed by atoms with van der Waals surface area (Å²) < 4.78 is 16.2. The lowest BCUT2D eigenvalue weighted by molar-refractivity contribution is -0.118. The second-order valence-corrected chi connectivity index (χ2v) is 10.3. The van der Waals surface area contributed by atoms with Gasteiger partial charge in [-0.1, -0.05) is 6.07 Å². The molecule has 1 spiro atoms. The molecule has 3 aliphatic rings. The number of anilines is 3. The van der Waals surface area contributed by atoms with E-state index in [1.165, 1.54) is 7.11 Å². The fourth-order valence-corrected chi connectivity index (χ4v) is 5.91. The highest BCUT2D eigenvalue weighted by Gasteiger charge is 2.65. The molecule has 2 aromatic carbocycles. The first-order valence-electron chi connectivity index (χ1n) is 13.2. The number of nitrogens with zero attached hydrogens (tertiary/aromatic N) is 3. The van der Waals surface area contributed by atoms with Crippen molar-refractivity contribution >= 4 is 39.9 Å². The van der Waals surface area contributed by atoms with Crippen molar-refractivity contribution in [1.82, 2.24) is 20.1 Å². The van der Waals surface area contributed by atoms with Crippen LogP contribution in [0.25, 0.3) is 10.9 Å². The monoisotopic (exact) mass is 540 g/mol. The number of morpholine rings is 1. The second-order valence-electron chi connectivity index (χ2n) is 10.3. The van der Waals surface area contributed by atoms with Crippen molar-refractivity contribution in [3.05, 3.63) is 65.4 Å². The van der Waals surface area contributed by atoms with Crippen molar-refractivity contribution in [3.8, 4) is 11.6 Å². The normalized spacial score (nSPS) is 21.3. The first kappa shape index (κ1) is 24.4. The fourth-order valence-electron chi connectivity index (χ4n) is 5.91. The van der Waals surface area contributed by atoms with E-state index in [9.17, 15) is 9.59 Å². The van der Waals surface area contributed by atoms with E-state index in [2.05, 4.69) is 31.9 Å². The van der Waals surface area contributed by atoms with Crippen LogP contribution in [0.5, 0.6) is 11.6 Å². The van der Waals surface area contributed by atoms with Crippen molar-refractivity contribution in [2.45, 2.75) is 17.8 Å². The molecule has 1 saturated heterocycles. The van der Waals surface area contributed by atoms with Crippen LogP contribution in [0.2, 0.25) is 0 Å². The summed E-state index contributed by atoms with van der Waals surface area (Å²) in [5.74, 6) is 1.58. The van der Waals surface area contributed by atoms with Gasteiger partial charge in [0.25, 0.3) is 5.91 Å². The molecular weight excluding hydrogens is 512 g/mol. The molecule has 4 heterocycles. The molecule has 2 atom stereocenters. The zero-order valence-electron chi connectivity index (χ0n) is 22.1. The predicted molar refractivity (Wildman–Crippen MR) is 148 cm³/mol. The van der Waals surface area contributed by atoms with Gasteiger partial charge in [0, 0.05) is 30.1 Å². The molecule has 3 N–H and O–H groups in total. The number of amides is 2. The predicted octanol–water partition coefficient (Wildman–Crippen LogP) is 3.57. The van der Waals surface area contributed by atoms with Crippen LogP contribution in [0.3, 0.4) is 0 Å². The van der Waals surface area contributed by atoms with E-state index in [1.807, 2.05) is 30.3 Å². The molecule has 11 nitrogen and oxygen atoms in total. The van der Waals surface area contributed by atoms with Crippen molar-refractivity contribution in [3.63, 3.8) is 0 Å². The third-order valence-electron chi connectivity index (χ3n) is 8.13. The number of carbonyl (C=O) groups is 2. The number of rotatable bonds is 6. The number of ether oxygens (including phenoxy) is 3. The van der Waals surface area contributed by atoms with Gasteiger partial charge in [-0.05, 0) is 60.0 Å². The third-order valence-corrected chi connectivity index (χ3v) is 8.13. The summed E-state index contributed by atoms with van der Waals surface area (Å²) in [6.07, 6.45) is 0.738. The zero-order chi connectivity index (χ0) is 27.4. The number of hydrogen-bond donors (Lipinski definition) is 3. The summed E-state index contributed by atoms with van der Waals surface area (Å²) in [5, 5.41) is 14.8. The minimum absolute atomic E-state index is 0.0305. The lowest BCUT2D eigenvalue weighted by Crippen LogP contribution is -2.41. The van der Waals surface area contributed by atoms with Crippen LogP contribution in [0.4, 0.5) is 17.2 Å². The molecule has 0 radical (unpaired) electrons. The molecule has 2 aromatic heterocycles. The first-order chi connectivity index (χ1) is 19.5. The molecule has 0 unspecified atom stereocenters. The fraction of sp³-hybridized carbons (Fsp3) is 0.310. The van der Waals surface area contributed by atoms with E-state index in [1.54, 1.807) is 24.1 Å². The number of hydrogen-bond acceptors (Lipinski definition) is 8. The van der Waals surface area contributed by atoms with Gasteiger partial charge < -0.3 is 29.7 Å². The molecule has 2 amide bonds. The van der Waals surface area contributed by atoms with Crippen LogP contribution in [-0.2, 0) is 14.9 Å². The highest BCUT2D eigenvalue weighted by molar-refractivity contribution is 6.10. The summed E-state index contributed by atoms with van der Waals surface area (Å²) >= 11 is 0. The van der Waals surface area contributed by atoms with Gasteiger partial charge in [0.15, 0.2) is 5.82 Å². The Morgan fingerprint density at radius 2 is 1.95 bits per heavy atom. The molecule has 204 valence electrons. The van der Waals surface area contributed by atoms with Crippen molar-refractivity contribution in [1.29, 1.82) is 0 Å². The number of nitrogens with one attached hydrogen (secondary N) is 3. The molecule has 40 heavy (non-hydrogen) atoms. The zero-order valence-corrected chi connectivity index (χ0v) is 22.1. The molecule has 4 aromatic rings. The van der Waals surface area contributed by atoms with Crippen LogP contribution in [0.15, 0.2) is 48.5 Å². The van der Waals surface area contributed by atoms with Gasteiger partial charge in [-0.2, -0.15) is 5.10 Å². The highest BCUT2D eigenvalue weighted by atomic mass is 16.5. The molecule has 1 aliphatic carbocycles. The molecule has 2 aliphatic heterocycles. The van der Waals surface area contributed by atoms with E-state index in [0.29, 0.717) is 49.4 Å². The molecule has 0 bridgehead atoms. The van der Waals surface area contributed by atoms with E-state index in [4.69, 9.17) is 14.2 Å². The summed E-state index contributed by atoms with van der Waals surface area (Å²) in [6.45, 7) is 2.12. The molecular formula is C29H28N6O5. The minimum Gasteiger partial charge on any atom is -0.497 e. The highest BCUT2D eigenvalue weighted by Crippen LogP contribution is 2.65. The van der Waals surface area contributed by atoms with Crippen LogP contribution in [0.1, 0.15) is 34.0 Å². The molecule has 1 saturated carbocycles. The number of aromatic nitrogens is 3. The Bertz CT molecular complexity index is 1660. The summed E-state index contributed by atoms with van der Waals surface area (Å²) in [4.78, 5) is 32.1. The Labute approximate surface area is 229 Å². The largest absolute Gasteiger partial charge is 0.497 e. The van der Waals surface area contributed by atoms with Gasteiger partial charge in [0.1, 0.15) is 17.1 Å². The van der Waals surface area contributed by atoms with Crippen molar-refractivity contribution < 1.29 is 23.8 Å². The maximum Gasteiger partial charge on any atom is 0.272 e. The van der Waals surface area contributed by atoms with Crippen molar-refractivity contribution in [2.75, 3.05) is 51.2 Å². The Hall–Kier alpha value is -4.64. The van der Waals surface area contributed by atoms with Crippen LogP contribution in [-0.4, -0.2) is 72.4 Å². The molecule has 7 rings (SSSR count). The second kappa shape index (κ2) is 9.23. The summed E-state index contributed by atoms with van der Waals surface area (Å²) in [7, 11) is 3.15. The Morgan fingerprint density at radius 3 is 2.75 bits per heavy atom. The number of H-pyrrole nitrogens is 1. The molecule has 11 heteroatoms. The average molecular weight is 541 g/mol. The topological polar surface area (TPSA) is 131 Å². The number of carbonyl (C=O) groups excluding carboxylic acids is 2. The Kier molecular flexibility index (Phi) is 5.63. The number of methoxy groups -OCH3 is 2. The number of pyridine rings is 1. The van der Waals surface area contributed by atoms with Crippen LogP contribution >= 0.6 is 0 Å². The van der Waals surface area contributed by atoms with Gasteiger partial charge in [-0.15, -0.1) is 0 Å². The van der Waals surface area contributed by atoms with Gasteiger partial charge in [-0.25, -0.2) is 4.98 Å². The van der Waals surface area contributed by atoms with Crippen molar-refractivity contribution in [2.24, 2.45) is 0 Å². The smallest absolute Gasteiger partial charge is 0.272 e. The number of aromatic amines is 1. The third kappa shape index (κ3) is 3.76. The summed E-state index contributed by atoms with van der Waals surface area (Å²) in [6, 6.07) is 15.3. The Balaban J connectivity index is 1.13. The lowest BCUT2D eigenvalue weighted by Gasteiger charge is -2.26. The maximum absolute atomic E-state index is 13.1. The van der Waals surface area contributed by atoms with Gasteiger partial charge in [-0.3, -0.25) is 14.7 Å². The SMILES string of the molecule is COc1ccc2c(c1)[C@]1(C[C@H]1c1ccc3c(Nc4ccc(C(=O)N5CCOCC5)nc4OC)n[nH]c3c1)C(=O)N2. The first-order valence-corrected chi connectivity index (χ1v) is 13.2. The van der Waals surface area contributed by atoms with E-state index in [-0.39, 0.29) is 17.7 Å². The van der Waals surface area contributed by atoms with Crippen LogP contribution in [0, 0.1) is 0 Å². The number of benzene rings is 2.